The van der Waals surface area contributed by atoms with E-state index in [2.05, 4.69) is 20.9 Å². The molecule has 3 N–H and O–H groups in total. The Morgan fingerprint density at radius 1 is 1.17 bits per heavy atom. The van der Waals surface area contributed by atoms with Gasteiger partial charge in [-0.3, -0.25) is 4.79 Å². The minimum Gasteiger partial charge on any atom is -0.383 e. The van der Waals surface area contributed by atoms with Crippen LogP contribution in [0.2, 0.25) is 0 Å². The fraction of sp³-hybridized carbons (Fsp3) is 0.143. The van der Waals surface area contributed by atoms with E-state index in [4.69, 9.17) is 0 Å². The van der Waals surface area contributed by atoms with Crippen molar-refractivity contribution >= 4 is 28.5 Å². The molecule has 0 saturated heterocycles. The lowest BCUT2D eigenvalue weighted by atomic mass is 10.1. The fourth-order valence-electron chi connectivity index (χ4n) is 3.11. The highest BCUT2D eigenvalue weighted by Crippen LogP contribution is 2.32. The number of aryl methyl sites for hydroxylation is 1. The molecular formula is C21H19F2N5O. The van der Waals surface area contributed by atoms with Crippen LogP contribution in [0.5, 0.6) is 0 Å². The number of fused-ring (bicyclic) bond motifs is 1. The largest absolute Gasteiger partial charge is 0.383 e. The molecule has 8 heteroatoms. The van der Waals surface area contributed by atoms with Gasteiger partial charge in [-0.15, -0.1) is 0 Å². The summed E-state index contributed by atoms with van der Waals surface area (Å²) in [6.07, 6.45) is 7.62. The molecule has 148 valence electrons. The molecule has 6 nitrogen and oxygen atoms in total. The highest BCUT2D eigenvalue weighted by Gasteiger charge is 2.24. The van der Waals surface area contributed by atoms with Crippen molar-refractivity contribution in [1.29, 1.82) is 0 Å². The minimum absolute atomic E-state index is 0.293. The maximum Gasteiger partial charge on any atom is 0.257 e. The molecular weight excluding hydrogens is 376 g/mol. The van der Waals surface area contributed by atoms with Gasteiger partial charge in [-0.2, -0.15) is 0 Å². The lowest BCUT2D eigenvalue weighted by Gasteiger charge is -2.10. The molecule has 4 rings (SSSR count). The van der Waals surface area contributed by atoms with E-state index in [9.17, 15) is 13.6 Å². The van der Waals surface area contributed by atoms with Crippen LogP contribution in [-0.4, -0.2) is 22.0 Å². The standard InChI is InChI=1S/C21H19F2N5O/c22-14-2-4-19-16(10-14)17(21(29)27-19)12-26-15-3-5-20(18(23)11-15)25-6-1-8-28-9-7-24-13-28/h2-5,7,9-13,25-26H,1,6,8H2,(H,27,29)/b17-12-. The summed E-state index contributed by atoms with van der Waals surface area (Å²) >= 11 is 0. The van der Waals surface area contributed by atoms with E-state index in [1.165, 1.54) is 30.5 Å². The molecule has 29 heavy (non-hydrogen) atoms. The molecule has 1 aliphatic heterocycles. The molecule has 1 amide bonds. The Morgan fingerprint density at radius 3 is 2.86 bits per heavy atom. The zero-order valence-corrected chi connectivity index (χ0v) is 15.5. The number of amides is 1. The van der Waals surface area contributed by atoms with Crippen molar-refractivity contribution in [2.75, 3.05) is 22.5 Å². The Labute approximate surface area is 166 Å². The molecule has 2 aromatic carbocycles. The van der Waals surface area contributed by atoms with Gasteiger partial charge >= 0.3 is 0 Å². The third kappa shape index (κ3) is 4.26. The number of nitrogens with one attached hydrogen (secondary N) is 3. The molecule has 2 heterocycles. The Hall–Kier alpha value is -3.68. The van der Waals surface area contributed by atoms with Crippen LogP contribution < -0.4 is 16.0 Å². The smallest absolute Gasteiger partial charge is 0.257 e. The van der Waals surface area contributed by atoms with Gasteiger partial charge in [0.2, 0.25) is 0 Å². The number of halogens is 2. The number of anilines is 3. The SMILES string of the molecule is O=C1Nc2ccc(F)cc2/C1=C/Nc1ccc(NCCCn2ccnc2)c(F)c1. The quantitative estimate of drug-likeness (QED) is 0.417. The molecule has 0 radical (unpaired) electrons. The molecule has 3 aromatic rings. The van der Waals surface area contributed by atoms with Gasteiger partial charge in [-0.05, 0) is 42.8 Å². The highest BCUT2D eigenvalue weighted by atomic mass is 19.1. The van der Waals surface area contributed by atoms with E-state index in [-0.39, 0.29) is 5.91 Å². The maximum absolute atomic E-state index is 14.4. The topological polar surface area (TPSA) is 71.0 Å². The van der Waals surface area contributed by atoms with Crippen LogP contribution in [-0.2, 0) is 11.3 Å². The van der Waals surface area contributed by atoms with Crippen molar-refractivity contribution in [2.45, 2.75) is 13.0 Å². The second-order valence-corrected chi connectivity index (χ2v) is 6.62. The summed E-state index contributed by atoms with van der Waals surface area (Å²) in [5.41, 5.74) is 2.20. The zero-order valence-electron chi connectivity index (χ0n) is 15.5. The first kappa shape index (κ1) is 18.7. The summed E-state index contributed by atoms with van der Waals surface area (Å²) in [7, 11) is 0. The van der Waals surface area contributed by atoms with Gasteiger partial charge in [0.05, 0.1) is 17.6 Å². The predicted molar refractivity (Wildman–Crippen MR) is 108 cm³/mol. The number of rotatable bonds is 7. The molecule has 1 aromatic heterocycles. The molecule has 0 aliphatic carbocycles. The van der Waals surface area contributed by atoms with Crippen LogP contribution in [0.4, 0.5) is 25.8 Å². The summed E-state index contributed by atoms with van der Waals surface area (Å²) < 4.78 is 29.8. The minimum atomic E-state index is -0.430. The molecule has 0 spiro atoms. The van der Waals surface area contributed by atoms with Crippen molar-refractivity contribution in [2.24, 2.45) is 0 Å². The van der Waals surface area contributed by atoms with Crippen molar-refractivity contribution in [3.63, 3.8) is 0 Å². The Kier molecular flexibility index (Phi) is 5.24. The van der Waals surface area contributed by atoms with Gasteiger partial charge in [0.15, 0.2) is 0 Å². The van der Waals surface area contributed by atoms with Gasteiger partial charge in [0.1, 0.15) is 11.6 Å². The second-order valence-electron chi connectivity index (χ2n) is 6.62. The van der Waals surface area contributed by atoms with Gasteiger partial charge in [-0.25, -0.2) is 13.8 Å². The molecule has 0 fully saturated rings. The number of carbonyl (C=O) groups excluding carboxylic acids is 1. The second kappa shape index (κ2) is 8.14. The van der Waals surface area contributed by atoms with E-state index in [1.807, 2.05) is 10.8 Å². The fourth-order valence-corrected chi connectivity index (χ4v) is 3.11. The average Bonchev–Trinajstić information content (AvgIpc) is 3.32. The first-order valence-corrected chi connectivity index (χ1v) is 9.17. The summed E-state index contributed by atoms with van der Waals surface area (Å²) in [6, 6.07) is 8.77. The van der Waals surface area contributed by atoms with Crippen LogP contribution >= 0.6 is 0 Å². The molecule has 0 unspecified atom stereocenters. The zero-order chi connectivity index (χ0) is 20.2. The number of hydrogen-bond donors (Lipinski definition) is 3. The number of imidazole rings is 1. The molecule has 0 bridgehead atoms. The molecule has 0 saturated carbocycles. The monoisotopic (exact) mass is 395 g/mol. The first-order chi connectivity index (χ1) is 14.1. The number of hydrogen-bond acceptors (Lipinski definition) is 4. The van der Waals surface area contributed by atoms with E-state index in [0.29, 0.717) is 34.7 Å². The third-order valence-corrected chi connectivity index (χ3v) is 4.58. The molecule has 0 atom stereocenters. The van der Waals surface area contributed by atoms with E-state index in [1.54, 1.807) is 24.7 Å². The lowest BCUT2D eigenvalue weighted by Crippen LogP contribution is -2.07. The Morgan fingerprint density at radius 2 is 2.07 bits per heavy atom. The normalized spacial score (nSPS) is 14.0. The van der Waals surface area contributed by atoms with Crippen LogP contribution in [0.3, 0.4) is 0 Å². The summed E-state index contributed by atoms with van der Waals surface area (Å²) in [6.45, 7) is 1.42. The maximum atomic E-state index is 14.4. The number of benzene rings is 2. The number of carbonyl (C=O) groups is 1. The summed E-state index contributed by atoms with van der Waals surface area (Å²) in [5.74, 6) is -1.17. The van der Waals surface area contributed by atoms with E-state index >= 15 is 0 Å². The van der Waals surface area contributed by atoms with E-state index in [0.717, 1.165) is 13.0 Å². The van der Waals surface area contributed by atoms with Crippen molar-refractivity contribution < 1.29 is 13.6 Å². The third-order valence-electron chi connectivity index (χ3n) is 4.58. The lowest BCUT2D eigenvalue weighted by molar-refractivity contribution is -0.110. The Bertz CT molecular complexity index is 1060. The summed E-state index contributed by atoms with van der Waals surface area (Å²) in [4.78, 5) is 16.1. The van der Waals surface area contributed by atoms with Gasteiger partial charge in [0.25, 0.3) is 5.91 Å². The van der Waals surface area contributed by atoms with Crippen molar-refractivity contribution in [3.05, 3.63) is 78.5 Å². The number of nitrogens with zero attached hydrogens (tertiary/aromatic N) is 2. The van der Waals surface area contributed by atoms with Crippen molar-refractivity contribution in [1.82, 2.24) is 9.55 Å². The number of aromatic nitrogens is 2. The van der Waals surface area contributed by atoms with E-state index < -0.39 is 11.6 Å². The predicted octanol–water partition coefficient (Wildman–Crippen LogP) is 4.07. The van der Waals surface area contributed by atoms with Gasteiger partial charge < -0.3 is 20.5 Å². The first-order valence-electron chi connectivity index (χ1n) is 9.17. The molecule has 1 aliphatic rings. The van der Waals surface area contributed by atoms with Crippen molar-refractivity contribution in [3.8, 4) is 0 Å². The van der Waals surface area contributed by atoms with Gasteiger partial charge in [0, 0.05) is 48.6 Å². The van der Waals surface area contributed by atoms with Crippen LogP contribution in [0, 0.1) is 11.6 Å². The van der Waals surface area contributed by atoms with Crippen LogP contribution in [0.15, 0.2) is 61.3 Å². The van der Waals surface area contributed by atoms with Crippen LogP contribution in [0.25, 0.3) is 5.57 Å². The van der Waals surface area contributed by atoms with Crippen LogP contribution in [0.1, 0.15) is 12.0 Å². The highest BCUT2D eigenvalue weighted by molar-refractivity contribution is 6.31. The van der Waals surface area contributed by atoms with Gasteiger partial charge in [-0.1, -0.05) is 0 Å². The summed E-state index contributed by atoms with van der Waals surface area (Å²) in [5, 5.41) is 8.64. The average molecular weight is 395 g/mol. The Balaban J connectivity index is 1.38.